The predicted octanol–water partition coefficient (Wildman–Crippen LogP) is 2.97. The molecule has 1 aliphatic rings. The van der Waals surface area contributed by atoms with Crippen LogP contribution in [0.1, 0.15) is 49.9 Å². The Labute approximate surface area is 127 Å². The average Bonchev–Trinajstić information content (AvgIpc) is 2.81. The van der Waals surface area contributed by atoms with E-state index in [1.807, 2.05) is 26.8 Å². The summed E-state index contributed by atoms with van der Waals surface area (Å²) in [5, 5.41) is 12.1. The van der Waals surface area contributed by atoms with Crippen molar-refractivity contribution in [2.24, 2.45) is 0 Å². The van der Waals surface area contributed by atoms with Crippen molar-refractivity contribution in [3.8, 4) is 12.3 Å². The van der Waals surface area contributed by atoms with Gasteiger partial charge in [0.1, 0.15) is 0 Å². The van der Waals surface area contributed by atoms with Gasteiger partial charge in [-0.1, -0.05) is 12.0 Å². The molecule has 112 valence electrons. The van der Waals surface area contributed by atoms with Crippen LogP contribution in [0.4, 0.5) is 0 Å². The Balaban J connectivity index is 2.31. The molecule has 1 aliphatic carbocycles. The smallest absolute Gasteiger partial charge is 0.182 e. The van der Waals surface area contributed by atoms with Gasteiger partial charge >= 0.3 is 0 Å². The Morgan fingerprint density at radius 3 is 2.81 bits per heavy atom. The molecule has 0 aromatic heterocycles. The minimum atomic E-state index is -0.418. The van der Waals surface area contributed by atoms with Crippen molar-refractivity contribution >= 4 is 6.21 Å². The molecular weight excluding hydrogens is 260 g/mol. The third-order valence-corrected chi connectivity index (χ3v) is 4.02. The highest BCUT2D eigenvalue weighted by Gasteiger charge is 2.26. The summed E-state index contributed by atoms with van der Waals surface area (Å²) in [5.74, 6) is 2.70. The third kappa shape index (κ3) is 3.46. The second-order valence-electron chi connectivity index (χ2n) is 6.76. The number of benzene rings is 1. The highest BCUT2D eigenvalue weighted by atomic mass is 16.5. The van der Waals surface area contributed by atoms with E-state index in [1.54, 1.807) is 6.21 Å². The summed E-state index contributed by atoms with van der Waals surface area (Å²) in [4.78, 5) is 2.20. The molecule has 0 heterocycles. The SMILES string of the molecule is C#CCN(C)[C@@H]1CCc2ccc(/C=[N+](\[O-])C(C)(C)C)cc21. The number of aryl methyl sites for hydroxylation is 1. The summed E-state index contributed by atoms with van der Waals surface area (Å²) in [6.07, 6.45) is 9.27. The van der Waals surface area contributed by atoms with Crippen LogP contribution in [-0.2, 0) is 6.42 Å². The zero-order valence-electron chi connectivity index (χ0n) is 13.4. The van der Waals surface area contributed by atoms with E-state index in [0.717, 1.165) is 23.1 Å². The molecule has 0 bridgehead atoms. The van der Waals surface area contributed by atoms with E-state index in [0.29, 0.717) is 12.6 Å². The summed E-state index contributed by atoms with van der Waals surface area (Å²) >= 11 is 0. The molecule has 0 unspecified atom stereocenters. The standard InChI is InChI=1S/C18H24N2O/c1-6-11-19(5)17-10-9-15-8-7-14(12-16(15)17)13-20(21)18(2,3)4/h1,7-8,12-13,17H,9-11H2,2-5H3/b20-13-/t17-/m1/s1. The first-order valence-corrected chi connectivity index (χ1v) is 7.41. The first-order valence-electron chi connectivity index (χ1n) is 7.41. The lowest BCUT2D eigenvalue weighted by Crippen LogP contribution is -2.29. The van der Waals surface area contributed by atoms with Crippen LogP contribution in [0, 0.1) is 17.6 Å². The van der Waals surface area contributed by atoms with Gasteiger partial charge in [0, 0.05) is 32.4 Å². The lowest BCUT2D eigenvalue weighted by molar-refractivity contribution is -0.530. The first kappa shape index (κ1) is 15.6. The zero-order chi connectivity index (χ0) is 15.6. The normalized spacial score (nSPS) is 18.7. The molecule has 0 radical (unpaired) electrons. The van der Waals surface area contributed by atoms with Crippen molar-refractivity contribution in [1.29, 1.82) is 0 Å². The largest absolute Gasteiger partial charge is 0.623 e. The summed E-state index contributed by atoms with van der Waals surface area (Å²) in [7, 11) is 2.06. The lowest BCUT2D eigenvalue weighted by atomic mass is 10.0. The fourth-order valence-electron chi connectivity index (χ4n) is 2.72. The molecule has 1 aromatic carbocycles. The van der Waals surface area contributed by atoms with Crippen LogP contribution in [0.25, 0.3) is 0 Å². The van der Waals surface area contributed by atoms with Crippen LogP contribution < -0.4 is 0 Å². The van der Waals surface area contributed by atoms with Crippen LogP contribution in [0.2, 0.25) is 0 Å². The topological polar surface area (TPSA) is 29.3 Å². The Bertz CT molecular complexity index is 590. The summed E-state index contributed by atoms with van der Waals surface area (Å²) in [6.45, 7) is 6.38. The highest BCUT2D eigenvalue weighted by Crippen LogP contribution is 2.35. The van der Waals surface area contributed by atoms with Gasteiger partial charge in [-0.25, -0.2) is 4.74 Å². The maximum absolute atomic E-state index is 12.1. The minimum Gasteiger partial charge on any atom is -0.623 e. The highest BCUT2D eigenvalue weighted by molar-refractivity contribution is 5.76. The second-order valence-corrected chi connectivity index (χ2v) is 6.76. The van der Waals surface area contributed by atoms with Gasteiger partial charge in [-0.3, -0.25) is 4.90 Å². The van der Waals surface area contributed by atoms with Crippen LogP contribution >= 0.6 is 0 Å². The van der Waals surface area contributed by atoms with E-state index < -0.39 is 5.54 Å². The van der Waals surface area contributed by atoms with Crippen LogP contribution in [0.3, 0.4) is 0 Å². The van der Waals surface area contributed by atoms with Gasteiger partial charge in [0.05, 0.1) is 6.54 Å². The van der Waals surface area contributed by atoms with Crippen LogP contribution in [0.5, 0.6) is 0 Å². The van der Waals surface area contributed by atoms with Gasteiger partial charge in [-0.05, 0) is 43.1 Å². The Morgan fingerprint density at radius 2 is 2.19 bits per heavy atom. The molecule has 0 amide bonds. The maximum atomic E-state index is 12.1. The molecule has 0 spiro atoms. The van der Waals surface area contributed by atoms with Crippen molar-refractivity contribution in [2.75, 3.05) is 13.6 Å². The maximum Gasteiger partial charge on any atom is 0.182 e. The molecule has 1 atom stereocenters. The summed E-state index contributed by atoms with van der Waals surface area (Å²) in [6, 6.07) is 6.66. The molecule has 1 aromatic rings. The third-order valence-electron chi connectivity index (χ3n) is 4.02. The zero-order valence-corrected chi connectivity index (χ0v) is 13.4. The van der Waals surface area contributed by atoms with E-state index in [-0.39, 0.29) is 0 Å². The van der Waals surface area contributed by atoms with Gasteiger partial charge in [0.25, 0.3) is 0 Å². The van der Waals surface area contributed by atoms with E-state index >= 15 is 0 Å². The Hall–Kier alpha value is -1.79. The van der Waals surface area contributed by atoms with Crippen molar-refractivity contribution < 1.29 is 4.74 Å². The quantitative estimate of drug-likeness (QED) is 0.281. The van der Waals surface area contributed by atoms with Crippen LogP contribution in [-0.4, -0.2) is 35.0 Å². The number of hydrogen-bond donors (Lipinski definition) is 0. The van der Waals surface area contributed by atoms with E-state index in [2.05, 4.69) is 30.0 Å². The van der Waals surface area contributed by atoms with Crippen molar-refractivity contribution in [3.63, 3.8) is 0 Å². The molecule has 21 heavy (non-hydrogen) atoms. The number of rotatable bonds is 3. The Kier molecular flexibility index (Phi) is 4.39. The molecule has 2 rings (SSSR count). The minimum absolute atomic E-state index is 0.360. The predicted molar refractivity (Wildman–Crippen MR) is 87.5 cm³/mol. The fraction of sp³-hybridized carbons (Fsp3) is 0.500. The number of fused-ring (bicyclic) bond motifs is 1. The lowest BCUT2D eigenvalue weighted by Gasteiger charge is -2.23. The molecule has 3 nitrogen and oxygen atoms in total. The number of hydroxylamine groups is 1. The second kappa shape index (κ2) is 5.91. The molecule has 0 N–H and O–H groups in total. The van der Waals surface area contributed by atoms with Crippen molar-refractivity contribution in [1.82, 2.24) is 4.90 Å². The fourth-order valence-corrected chi connectivity index (χ4v) is 2.72. The number of hydrogen-bond acceptors (Lipinski definition) is 2. The molecule has 0 saturated carbocycles. The molecular formula is C18H24N2O. The van der Waals surface area contributed by atoms with Crippen molar-refractivity contribution in [3.05, 3.63) is 40.1 Å². The first-order chi connectivity index (χ1) is 9.82. The summed E-state index contributed by atoms with van der Waals surface area (Å²) < 4.78 is 1.02. The Morgan fingerprint density at radius 1 is 1.48 bits per heavy atom. The van der Waals surface area contributed by atoms with Gasteiger partial charge in [-0.15, -0.1) is 6.42 Å². The van der Waals surface area contributed by atoms with E-state index in [9.17, 15) is 5.21 Å². The molecule has 0 aliphatic heterocycles. The average molecular weight is 284 g/mol. The molecule has 0 fully saturated rings. The summed E-state index contributed by atoms with van der Waals surface area (Å²) in [5.41, 5.74) is 3.22. The van der Waals surface area contributed by atoms with Crippen molar-refractivity contribution in [2.45, 2.75) is 45.2 Å². The van der Waals surface area contributed by atoms with Gasteiger partial charge in [-0.2, -0.15) is 0 Å². The van der Waals surface area contributed by atoms with E-state index in [1.165, 1.54) is 11.1 Å². The van der Waals surface area contributed by atoms with Gasteiger partial charge in [0.2, 0.25) is 0 Å². The number of terminal acetylenes is 1. The molecule has 3 heteroatoms. The molecule has 0 saturated heterocycles. The van der Waals surface area contributed by atoms with Gasteiger partial charge in [0.15, 0.2) is 11.8 Å². The van der Waals surface area contributed by atoms with Gasteiger partial charge < -0.3 is 5.21 Å². The van der Waals surface area contributed by atoms with E-state index in [4.69, 9.17) is 6.42 Å². The van der Waals surface area contributed by atoms with Crippen LogP contribution in [0.15, 0.2) is 18.2 Å². The number of nitrogens with zero attached hydrogens (tertiary/aromatic N) is 2. The monoisotopic (exact) mass is 284 g/mol.